The van der Waals surface area contributed by atoms with E-state index >= 15 is 0 Å². The summed E-state index contributed by atoms with van der Waals surface area (Å²) in [4.78, 5) is 4.42. The topological polar surface area (TPSA) is 41.6 Å². The average Bonchev–Trinajstić information content (AvgIpc) is 2.67. The Bertz CT molecular complexity index is 422. The molecule has 0 radical (unpaired) electrons. The van der Waals surface area contributed by atoms with E-state index in [4.69, 9.17) is 0 Å². The van der Waals surface area contributed by atoms with Crippen molar-refractivity contribution >= 4 is 11.8 Å². The van der Waals surface area contributed by atoms with E-state index in [-0.39, 0.29) is 0 Å². The van der Waals surface area contributed by atoms with Crippen LogP contribution in [0.3, 0.4) is 0 Å². The Morgan fingerprint density at radius 2 is 1.93 bits per heavy atom. The normalized spacial score (nSPS) is 10.9. The molecule has 0 fully saturated rings. The maximum Gasteiger partial charge on any atom is 0.208 e. The molecule has 1 aromatic carbocycles. The van der Waals surface area contributed by atoms with E-state index < -0.39 is 0 Å². The lowest BCUT2D eigenvalue weighted by Gasteiger charge is -1.97. The molecule has 0 atom stereocenters. The Hall–Kier alpha value is -1.29. The predicted octanol–water partition coefficient (Wildman–Crippen LogP) is 2.97. The smallest absolute Gasteiger partial charge is 0.208 e. The summed E-state index contributed by atoms with van der Waals surface area (Å²) in [6, 6.07) is 10.0. The minimum atomic E-state index is 0.504. The van der Waals surface area contributed by atoms with Crippen LogP contribution in [0.2, 0.25) is 0 Å². The number of nitrogens with one attached hydrogen (secondary N) is 1. The fraction of sp³-hybridized carbons (Fsp3) is 0.273. The highest BCUT2D eigenvalue weighted by molar-refractivity contribution is 7.99. The highest BCUT2D eigenvalue weighted by atomic mass is 32.2. The third kappa shape index (κ3) is 2.59. The van der Waals surface area contributed by atoms with Gasteiger partial charge in [-0.25, -0.2) is 4.98 Å². The van der Waals surface area contributed by atoms with Crippen molar-refractivity contribution in [1.82, 2.24) is 15.2 Å². The van der Waals surface area contributed by atoms with Gasteiger partial charge in [-0.2, -0.15) is 0 Å². The number of rotatable bonds is 3. The molecule has 4 heteroatoms. The first-order valence-corrected chi connectivity index (χ1v) is 5.78. The van der Waals surface area contributed by atoms with Gasteiger partial charge in [-0.3, -0.25) is 5.10 Å². The molecule has 0 saturated carbocycles. The SMILES string of the molecule is CC(C)Sc1n[nH]c(-c2ccccc2)n1. The van der Waals surface area contributed by atoms with Gasteiger partial charge in [-0.1, -0.05) is 55.9 Å². The quantitative estimate of drug-likeness (QED) is 0.807. The molecule has 78 valence electrons. The first-order valence-electron chi connectivity index (χ1n) is 4.90. The van der Waals surface area contributed by atoms with Crippen molar-refractivity contribution in [1.29, 1.82) is 0 Å². The van der Waals surface area contributed by atoms with Crippen molar-refractivity contribution in [3.8, 4) is 11.4 Å². The zero-order chi connectivity index (χ0) is 10.7. The lowest BCUT2D eigenvalue weighted by molar-refractivity contribution is 0.961. The van der Waals surface area contributed by atoms with Crippen LogP contribution < -0.4 is 0 Å². The van der Waals surface area contributed by atoms with Gasteiger partial charge < -0.3 is 0 Å². The fourth-order valence-electron chi connectivity index (χ4n) is 1.24. The van der Waals surface area contributed by atoms with Crippen molar-refractivity contribution < 1.29 is 0 Å². The summed E-state index contributed by atoms with van der Waals surface area (Å²) < 4.78 is 0. The Kier molecular flexibility index (Phi) is 3.06. The van der Waals surface area contributed by atoms with Crippen molar-refractivity contribution in [3.05, 3.63) is 30.3 Å². The molecule has 3 nitrogen and oxygen atoms in total. The Balaban J connectivity index is 2.21. The minimum absolute atomic E-state index is 0.504. The highest BCUT2D eigenvalue weighted by Crippen LogP contribution is 2.21. The summed E-state index contributed by atoms with van der Waals surface area (Å²) in [5.74, 6) is 0.832. The summed E-state index contributed by atoms with van der Waals surface area (Å²) in [5.41, 5.74) is 1.07. The molecule has 2 rings (SSSR count). The molecule has 2 aromatic rings. The molecule has 0 unspecified atom stereocenters. The van der Waals surface area contributed by atoms with Crippen LogP contribution in [0.4, 0.5) is 0 Å². The van der Waals surface area contributed by atoms with Crippen LogP contribution in [0.25, 0.3) is 11.4 Å². The van der Waals surface area contributed by atoms with Gasteiger partial charge in [0.2, 0.25) is 5.16 Å². The third-order valence-corrected chi connectivity index (χ3v) is 2.72. The van der Waals surface area contributed by atoms with Crippen LogP contribution in [0.15, 0.2) is 35.5 Å². The van der Waals surface area contributed by atoms with Crippen molar-refractivity contribution in [2.24, 2.45) is 0 Å². The summed E-state index contributed by atoms with van der Waals surface area (Å²) in [5, 5.41) is 8.42. The van der Waals surface area contributed by atoms with Gasteiger partial charge in [0.1, 0.15) is 0 Å². The Labute approximate surface area is 93.3 Å². The molecule has 0 aliphatic carbocycles. The van der Waals surface area contributed by atoms with Crippen molar-refractivity contribution in [2.75, 3.05) is 0 Å². The van der Waals surface area contributed by atoms with E-state index in [1.165, 1.54) is 0 Å². The molecule has 1 aromatic heterocycles. The monoisotopic (exact) mass is 219 g/mol. The number of thioether (sulfide) groups is 1. The van der Waals surface area contributed by atoms with Crippen LogP contribution >= 0.6 is 11.8 Å². The molecule has 0 bridgehead atoms. The van der Waals surface area contributed by atoms with Gasteiger partial charge in [0, 0.05) is 10.8 Å². The van der Waals surface area contributed by atoms with Crippen molar-refractivity contribution in [2.45, 2.75) is 24.3 Å². The van der Waals surface area contributed by atoms with E-state index in [1.807, 2.05) is 30.3 Å². The average molecular weight is 219 g/mol. The summed E-state index contributed by atoms with van der Waals surface area (Å²) in [6.07, 6.45) is 0. The lowest BCUT2D eigenvalue weighted by atomic mass is 10.2. The number of aromatic amines is 1. The minimum Gasteiger partial charge on any atom is -0.258 e. The van der Waals surface area contributed by atoms with Gasteiger partial charge in [0.15, 0.2) is 5.82 Å². The maximum atomic E-state index is 4.42. The van der Waals surface area contributed by atoms with Gasteiger partial charge in [0.05, 0.1) is 0 Å². The number of aromatic nitrogens is 3. The number of nitrogens with zero attached hydrogens (tertiary/aromatic N) is 2. The molecule has 1 heterocycles. The molecule has 0 aliphatic heterocycles. The van der Waals surface area contributed by atoms with E-state index in [1.54, 1.807) is 11.8 Å². The predicted molar refractivity (Wildman–Crippen MR) is 62.8 cm³/mol. The number of benzene rings is 1. The maximum absolute atomic E-state index is 4.42. The summed E-state index contributed by atoms with van der Waals surface area (Å²) in [6.45, 7) is 4.26. The highest BCUT2D eigenvalue weighted by Gasteiger charge is 2.06. The van der Waals surface area contributed by atoms with Gasteiger partial charge in [-0.15, -0.1) is 5.10 Å². The number of H-pyrrole nitrogens is 1. The second kappa shape index (κ2) is 4.49. The molecule has 0 aliphatic rings. The zero-order valence-electron chi connectivity index (χ0n) is 8.77. The summed E-state index contributed by atoms with van der Waals surface area (Å²) in [7, 11) is 0. The number of hydrogen-bond donors (Lipinski definition) is 1. The van der Waals surface area contributed by atoms with Crippen LogP contribution in [0.1, 0.15) is 13.8 Å². The second-order valence-electron chi connectivity index (χ2n) is 3.50. The van der Waals surface area contributed by atoms with E-state index in [9.17, 15) is 0 Å². The second-order valence-corrected chi connectivity index (χ2v) is 5.04. The molecule has 15 heavy (non-hydrogen) atoms. The molecule has 1 N–H and O–H groups in total. The van der Waals surface area contributed by atoms with Gasteiger partial charge in [0.25, 0.3) is 0 Å². The van der Waals surface area contributed by atoms with E-state index in [2.05, 4.69) is 29.0 Å². The lowest BCUT2D eigenvalue weighted by Crippen LogP contribution is -1.87. The molecular weight excluding hydrogens is 206 g/mol. The fourth-order valence-corrected chi connectivity index (χ4v) is 1.90. The van der Waals surface area contributed by atoms with E-state index in [0.29, 0.717) is 5.25 Å². The first kappa shape index (κ1) is 10.2. The molecular formula is C11H13N3S. The van der Waals surface area contributed by atoms with Gasteiger partial charge >= 0.3 is 0 Å². The molecule has 0 spiro atoms. The number of hydrogen-bond acceptors (Lipinski definition) is 3. The van der Waals surface area contributed by atoms with Crippen LogP contribution in [-0.2, 0) is 0 Å². The first-order chi connectivity index (χ1) is 7.25. The standard InChI is InChI=1S/C11H13N3S/c1-8(2)15-11-12-10(13-14-11)9-6-4-3-5-7-9/h3-8H,1-2H3,(H,12,13,14). The van der Waals surface area contributed by atoms with Gasteiger partial charge in [-0.05, 0) is 0 Å². The zero-order valence-corrected chi connectivity index (χ0v) is 9.58. The molecule has 0 saturated heterocycles. The van der Waals surface area contributed by atoms with Crippen LogP contribution in [0.5, 0.6) is 0 Å². The summed E-state index contributed by atoms with van der Waals surface area (Å²) >= 11 is 1.66. The van der Waals surface area contributed by atoms with E-state index in [0.717, 1.165) is 16.5 Å². The van der Waals surface area contributed by atoms with Crippen LogP contribution in [0, 0.1) is 0 Å². The Morgan fingerprint density at radius 1 is 1.20 bits per heavy atom. The third-order valence-electron chi connectivity index (χ3n) is 1.85. The molecule has 0 amide bonds. The van der Waals surface area contributed by atoms with Crippen molar-refractivity contribution in [3.63, 3.8) is 0 Å². The largest absolute Gasteiger partial charge is 0.258 e. The van der Waals surface area contributed by atoms with Crippen LogP contribution in [-0.4, -0.2) is 20.4 Å². The Morgan fingerprint density at radius 3 is 2.60 bits per heavy atom.